The van der Waals surface area contributed by atoms with Gasteiger partial charge >= 0.3 is 6.09 Å². The van der Waals surface area contributed by atoms with Crippen molar-refractivity contribution in [1.29, 1.82) is 0 Å². The van der Waals surface area contributed by atoms with Crippen LogP contribution in [-0.4, -0.2) is 47.0 Å². The van der Waals surface area contributed by atoms with Crippen LogP contribution >= 0.6 is 23.8 Å². The average molecular weight is 404 g/mol. The summed E-state index contributed by atoms with van der Waals surface area (Å²) in [5.74, 6) is -0.206. The van der Waals surface area contributed by atoms with Gasteiger partial charge in [0.1, 0.15) is 11.6 Å². The van der Waals surface area contributed by atoms with Crippen LogP contribution in [0.3, 0.4) is 0 Å². The molecular formula is C17H23ClFN3O3S. The number of hydrogen-bond donors (Lipinski definition) is 1. The van der Waals surface area contributed by atoms with E-state index in [9.17, 15) is 9.18 Å². The lowest BCUT2D eigenvalue weighted by Crippen LogP contribution is -2.54. The van der Waals surface area contributed by atoms with E-state index < -0.39 is 11.9 Å². The van der Waals surface area contributed by atoms with E-state index in [1.807, 2.05) is 13.8 Å². The summed E-state index contributed by atoms with van der Waals surface area (Å²) in [6.45, 7) is 6.73. The lowest BCUT2D eigenvalue weighted by atomic mass is 10.2. The van der Waals surface area contributed by atoms with Gasteiger partial charge in [0.2, 0.25) is 0 Å². The maximum absolute atomic E-state index is 14.3. The molecule has 0 unspecified atom stereocenters. The molecule has 0 atom stereocenters. The molecule has 1 heterocycles. The van der Waals surface area contributed by atoms with Gasteiger partial charge in [0.25, 0.3) is 0 Å². The Balaban J connectivity index is 2.18. The minimum Gasteiger partial charge on any atom is -0.489 e. The third kappa shape index (κ3) is 5.11. The third-order valence-corrected chi connectivity index (χ3v) is 4.23. The molecule has 0 radical (unpaired) electrons. The number of anilines is 1. The second kappa shape index (κ2) is 9.23. The van der Waals surface area contributed by atoms with E-state index in [2.05, 4.69) is 5.32 Å². The Bertz CT molecular complexity index is 675. The molecule has 1 N–H and O–H groups in total. The second-order valence-corrected chi connectivity index (χ2v) is 6.81. The van der Waals surface area contributed by atoms with Crippen molar-refractivity contribution in [3.63, 3.8) is 0 Å². The number of benzene rings is 1. The first-order valence-electron chi connectivity index (χ1n) is 8.52. The van der Waals surface area contributed by atoms with E-state index in [0.717, 1.165) is 12.8 Å². The summed E-state index contributed by atoms with van der Waals surface area (Å²) in [6.07, 6.45) is 1.12. The number of carbonyl (C=O) groups excluding carboxylic acids is 1. The molecule has 0 bridgehead atoms. The molecule has 1 fully saturated rings. The number of amides is 1. The molecule has 144 valence electrons. The normalized spacial score (nSPS) is 14.4. The molecule has 2 rings (SSSR count). The van der Waals surface area contributed by atoms with Crippen LogP contribution < -0.4 is 10.1 Å². The summed E-state index contributed by atoms with van der Waals surface area (Å²) in [7, 11) is 0. The Morgan fingerprint density at radius 1 is 1.35 bits per heavy atom. The van der Waals surface area contributed by atoms with Crippen LogP contribution in [0, 0.1) is 5.82 Å². The average Bonchev–Trinajstić information content (AvgIpc) is 2.59. The SMILES string of the molecule is CCOC(=O)N1CCCCN1C(=S)Nc1cc(OC(C)C)c(Cl)cc1F. The highest BCUT2D eigenvalue weighted by Crippen LogP contribution is 2.31. The predicted molar refractivity (Wildman–Crippen MR) is 103 cm³/mol. The number of rotatable bonds is 4. The number of thiocarbonyl (C=S) groups is 1. The van der Waals surface area contributed by atoms with Crippen molar-refractivity contribution < 1.29 is 18.7 Å². The first-order chi connectivity index (χ1) is 12.3. The fourth-order valence-corrected chi connectivity index (χ4v) is 3.01. The van der Waals surface area contributed by atoms with Gasteiger partial charge in [-0.2, -0.15) is 0 Å². The lowest BCUT2D eigenvalue weighted by Gasteiger charge is -2.39. The summed E-state index contributed by atoms with van der Waals surface area (Å²) in [4.78, 5) is 12.1. The number of hydrogen-bond acceptors (Lipinski definition) is 4. The van der Waals surface area contributed by atoms with Crippen molar-refractivity contribution in [2.24, 2.45) is 0 Å². The number of nitrogens with one attached hydrogen (secondary N) is 1. The Kier molecular flexibility index (Phi) is 7.28. The van der Waals surface area contributed by atoms with Crippen molar-refractivity contribution in [3.05, 3.63) is 23.0 Å². The van der Waals surface area contributed by atoms with Gasteiger partial charge in [-0.25, -0.2) is 14.2 Å². The Labute approximate surface area is 163 Å². The molecule has 0 saturated carbocycles. The van der Waals surface area contributed by atoms with Crippen molar-refractivity contribution >= 4 is 40.7 Å². The van der Waals surface area contributed by atoms with E-state index in [0.29, 0.717) is 18.8 Å². The van der Waals surface area contributed by atoms with Gasteiger partial charge in [0, 0.05) is 19.2 Å². The van der Waals surface area contributed by atoms with Gasteiger partial charge < -0.3 is 14.8 Å². The molecule has 1 amide bonds. The van der Waals surface area contributed by atoms with Crippen LogP contribution in [0.15, 0.2) is 12.1 Å². The largest absolute Gasteiger partial charge is 0.489 e. The molecule has 9 heteroatoms. The van der Waals surface area contributed by atoms with E-state index >= 15 is 0 Å². The maximum Gasteiger partial charge on any atom is 0.428 e. The fraction of sp³-hybridized carbons (Fsp3) is 0.529. The summed E-state index contributed by atoms with van der Waals surface area (Å²) in [5, 5.41) is 6.25. The van der Waals surface area contributed by atoms with Gasteiger partial charge in [-0.05, 0) is 51.9 Å². The Morgan fingerprint density at radius 2 is 2.00 bits per heavy atom. The standard InChI is InChI=1S/C17H23ClFN3O3S/c1-4-24-17(23)22-8-6-5-7-21(22)16(26)20-14-10-15(25-11(2)3)12(18)9-13(14)19/h9-11H,4-8H2,1-3H3,(H,20,26). The molecule has 1 aliphatic heterocycles. The van der Waals surface area contributed by atoms with Gasteiger partial charge in [0.15, 0.2) is 5.11 Å². The molecule has 1 saturated heterocycles. The van der Waals surface area contributed by atoms with Gasteiger partial charge in [0.05, 0.1) is 23.4 Å². The van der Waals surface area contributed by atoms with Gasteiger partial charge in [-0.1, -0.05) is 11.6 Å². The topological polar surface area (TPSA) is 54.0 Å². The summed E-state index contributed by atoms with van der Waals surface area (Å²) < 4.78 is 24.9. The Hall–Kier alpha value is -1.80. The van der Waals surface area contributed by atoms with Crippen LogP contribution in [0.4, 0.5) is 14.9 Å². The zero-order valence-corrected chi connectivity index (χ0v) is 16.6. The van der Waals surface area contributed by atoms with Crippen LogP contribution in [0.1, 0.15) is 33.6 Å². The van der Waals surface area contributed by atoms with E-state index in [1.165, 1.54) is 17.1 Å². The summed E-state index contributed by atoms with van der Waals surface area (Å²) >= 11 is 11.4. The fourth-order valence-electron chi connectivity index (χ4n) is 2.51. The van der Waals surface area contributed by atoms with Crippen LogP contribution in [0.5, 0.6) is 5.75 Å². The van der Waals surface area contributed by atoms with Crippen LogP contribution in [0.2, 0.25) is 5.02 Å². The lowest BCUT2D eigenvalue weighted by molar-refractivity contribution is 0.00912. The van der Waals surface area contributed by atoms with Gasteiger partial charge in [-0.15, -0.1) is 0 Å². The monoisotopic (exact) mass is 403 g/mol. The molecule has 0 spiro atoms. The van der Waals surface area contributed by atoms with Crippen LogP contribution in [0.25, 0.3) is 0 Å². The van der Waals surface area contributed by atoms with Crippen LogP contribution in [-0.2, 0) is 4.74 Å². The van der Waals surface area contributed by atoms with Crippen molar-refractivity contribution in [2.75, 3.05) is 25.0 Å². The van der Waals surface area contributed by atoms with Crippen molar-refractivity contribution in [3.8, 4) is 5.75 Å². The number of halogens is 2. The first-order valence-corrected chi connectivity index (χ1v) is 9.30. The number of ether oxygens (including phenoxy) is 2. The Morgan fingerprint density at radius 3 is 2.62 bits per heavy atom. The minimum atomic E-state index is -0.562. The molecule has 0 aromatic heterocycles. The number of nitrogens with zero attached hydrogens (tertiary/aromatic N) is 2. The quantitative estimate of drug-likeness (QED) is 0.750. The summed E-state index contributed by atoms with van der Waals surface area (Å²) in [6, 6.07) is 2.63. The zero-order chi connectivity index (χ0) is 19.3. The highest BCUT2D eigenvalue weighted by molar-refractivity contribution is 7.80. The van der Waals surface area contributed by atoms with Crippen molar-refractivity contribution in [1.82, 2.24) is 10.0 Å². The van der Waals surface area contributed by atoms with E-state index in [-0.39, 0.29) is 28.5 Å². The predicted octanol–water partition coefficient (Wildman–Crippen LogP) is 4.43. The smallest absolute Gasteiger partial charge is 0.428 e. The summed E-state index contributed by atoms with van der Waals surface area (Å²) in [5.41, 5.74) is 0.129. The van der Waals surface area contributed by atoms with Gasteiger partial charge in [-0.3, -0.25) is 5.01 Å². The molecular weight excluding hydrogens is 381 g/mol. The van der Waals surface area contributed by atoms with E-state index in [1.54, 1.807) is 11.9 Å². The number of hydrazine groups is 1. The molecule has 1 aliphatic rings. The minimum absolute atomic E-state index is 0.112. The maximum atomic E-state index is 14.3. The van der Waals surface area contributed by atoms with Crippen molar-refractivity contribution in [2.45, 2.75) is 39.7 Å². The molecule has 0 aliphatic carbocycles. The third-order valence-electron chi connectivity index (χ3n) is 3.62. The first kappa shape index (κ1) is 20.5. The highest BCUT2D eigenvalue weighted by atomic mass is 35.5. The number of carbonyl (C=O) groups is 1. The van der Waals surface area contributed by atoms with E-state index in [4.69, 9.17) is 33.3 Å². The zero-order valence-electron chi connectivity index (χ0n) is 15.1. The molecule has 26 heavy (non-hydrogen) atoms. The molecule has 1 aromatic carbocycles. The second-order valence-electron chi connectivity index (χ2n) is 6.01. The molecule has 1 aromatic rings. The molecule has 6 nitrogen and oxygen atoms in total. The highest BCUT2D eigenvalue weighted by Gasteiger charge is 2.28.